The number of hydrogen-bond acceptors (Lipinski definition) is 2. The van der Waals surface area contributed by atoms with E-state index in [0.717, 1.165) is 0 Å². The summed E-state index contributed by atoms with van der Waals surface area (Å²) in [4.78, 5) is 12.8. The van der Waals surface area contributed by atoms with Gasteiger partial charge in [0.1, 0.15) is 5.78 Å². The summed E-state index contributed by atoms with van der Waals surface area (Å²) in [5, 5.41) is 2.56. The van der Waals surface area contributed by atoms with E-state index in [9.17, 15) is 4.79 Å². The minimum atomic E-state index is -2.60. The molecule has 0 amide bonds. The first-order valence-corrected chi connectivity index (χ1v) is 14.5. The number of ketones is 1. The lowest BCUT2D eigenvalue weighted by Crippen LogP contribution is -2.66. The maximum absolute atomic E-state index is 12.8. The van der Waals surface area contributed by atoms with Gasteiger partial charge < -0.3 is 4.43 Å². The molecule has 0 aromatic heterocycles. The molecule has 176 valence electrons. The molecule has 2 nitrogen and oxygen atoms in total. The van der Waals surface area contributed by atoms with Crippen LogP contribution in [0.5, 0.6) is 0 Å². The van der Waals surface area contributed by atoms with Gasteiger partial charge in [0, 0.05) is 5.92 Å². The Morgan fingerprint density at radius 1 is 1.03 bits per heavy atom. The second-order valence-electron chi connectivity index (χ2n) is 11.6. The van der Waals surface area contributed by atoms with Crippen molar-refractivity contribution in [3.8, 4) is 0 Å². The molecule has 2 aliphatic carbocycles. The Balaban J connectivity index is 1.78. The van der Waals surface area contributed by atoms with Crippen LogP contribution >= 0.6 is 0 Å². The number of allylic oxidation sites excluding steroid dienone is 1. The fourth-order valence-electron chi connectivity index (χ4n) is 6.88. The number of carbonyl (C=O) groups is 1. The van der Waals surface area contributed by atoms with Gasteiger partial charge in [-0.2, -0.15) is 0 Å². The van der Waals surface area contributed by atoms with E-state index >= 15 is 0 Å². The first kappa shape index (κ1) is 24.2. The van der Waals surface area contributed by atoms with E-state index < -0.39 is 8.32 Å². The Morgan fingerprint density at radius 3 is 2.06 bits per heavy atom. The van der Waals surface area contributed by atoms with Crippen molar-refractivity contribution in [2.45, 2.75) is 65.8 Å². The summed E-state index contributed by atoms with van der Waals surface area (Å²) >= 11 is 0. The zero-order chi connectivity index (χ0) is 23.9. The molecule has 0 heterocycles. The highest BCUT2D eigenvalue weighted by molar-refractivity contribution is 6.99. The van der Waals surface area contributed by atoms with Crippen molar-refractivity contribution in [3.05, 3.63) is 72.3 Å². The van der Waals surface area contributed by atoms with Crippen LogP contribution in [0.3, 0.4) is 0 Å². The number of rotatable bonds is 6. The third kappa shape index (κ3) is 4.19. The molecule has 0 bridgehead atoms. The van der Waals surface area contributed by atoms with Crippen molar-refractivity contribution >= 4 is 24.5 Å². The lowest BCUT2D eigenvalue weighted by molar-refractivity contribution is -0.125. The number of fused-ring (bicyclic) bond motifs is 1. The molecule has 2 aromatic carbocycles. The fourth-order valence-corrected chi connectivity index (χ4v) is 11.4. The molecular weight excluding hydrogens is 420 g/mol. The van der Waals surface area contributed by atoms with Crippen LogP contribution < -0.4 is 10.4 Å². The summed E-state index contributed by atoms with van der Waals surface area (Å²) in [5.41, 5.74) is 1.44. The summed E-state index contributed by atoms with van der Waals surface area (Å²) in [5.74, 6) is 1.16. The zero-order valence-electron chi connectivity index (χ0n) is 21.2. The Kier molecular flexibility index (Phi) is 6.59. The second kappa shape index (κ2) is 9.00. The average Bonchev–Trinajstić information content (AvgIpc) is 3.15. The van der Waals surface area contributed by atoms with Crippen molar-refractivity contribution in [3.63, 3.8) is 0 Å². The molecule has 3 heteroatoms. The molecular formula is C30H40O2Si. The van der Waals surface area contributed by atoms with Crippen LogP contribution in [0.15, 0.2) is 72.3 Å². The van der Waals surface area contributed by atoms with Crippen LogP contribution in [0.25, 0.3) is 0 Å². The number of carbonyl (C=O) groups excluding carboxylic acids is 1. The molecule has 0 radical (unpaired) electrons. The van der Waals surface area contributed by atoms with E-state index in [0.29, 0.717) is 18.3 Å². The highest BCUT2D eigenvalue weighted by Gasteiger charge is 2.52. The van der Waals surface area contributed by atoms with E-state index in [4.69, 9.17) is 4.43 Å². The highest BCUT2D eigenvalue weighted by Crippen LogP contribution is 2.55. The summed E-state index contributed by atoms with van der Waals surface area (Å²) in [6, 6.07) is 21.7. The Labute approximate surface area is 201 Å². The van der Waals surface area contributed by atoms with E-state index in [1.807, 2.05) is 0 Å². The van der Waals surface area contributed by atoms with Crippen molar-refractivity contribution in [1.29, 1.82) is 0 Å². The van der Waals surface area contributed by atoms with Gasteiger partial charge in [0.2, 0.25) is 0 Å². The van der Waals surface area contributed by atoms with Gasteiger partial charge in [0.05, 0.1) is 6.61 Å². The van der Waals surface area contributed by atoms with Gasteiger partial charge in [0.15, 0.2) is 0 Å². The molecule has 0 aliphatic heterocycles. The molecule has 33 heavy (non-hydrogen) atoms. The first-order valence-electron chi connectivity index (χ1n) is 12.6. The molecule has 1 saturated carbocycles. The van der Waals surface area contributed by atoms with Crippen LogP contribution in [-0.2, 0) is 9.22 Å². The van der Waals surface area contributed by atoms with Gasteiger partial charge in [-0.05, 0) is 58.0 Å². The Morgan fingerprint density at radius 2 is 1.58 bits per heavy atom. The smallest absolute Gasteiger partial charge is 0.261 e. The largest absolute Gasteiger partial charge is 0.403 e. The molecule has 0 N–H and O–H groups in total. The Hall–Kier alpha value is -1.97. The minimum Gasteiger partial charge on any atom is -0.403 e. The van der Waals surface area contributed by atoms with Gasteiger partial charge in [-0.3, -0.25) is 4.79 Å². The molecule has 0 saturated heterocycles. The van der Waals surface area contributed by atoms with Gasteiger partial charge in [-0.25, -0.2) is 0 Å². The number of benzene rings is 2. The monoisotopic (exact) mass is 460 g/mol. The zero-order valence-corrected chi connectivity index (χ0v) is 22.2. The van der Waals surface area contributed by atoms with E-state index in [1.165, 1.54) is 35.2 Å². The average molecular weight is 461 g/mol. The van der Waals surface area contributed by atoms with Crippen molar-refractivity contribution in [2.24, 2.45) is 23.2 Å². The molecule has 2 aromatic rings. The predicted octanol–water partition coefficient (Wildman–Crippen LogP) is 6.15. The quantitative estimate of drug-likeness (QED) is 0.382. The van der Waals surface area contributed by atoms with Crippen molar-refractivity contribution in [1.82, 2.24) is 0 Å². The minimum absolute atomic E-state index is 0.0477. The maximum Gasteiger partial charge on any atom is 0.261 e. The summed E-state index contributed by atoms with van der Waals surface area (Å²) in [6.07, 6.45) is 6.07. The SMILES string of the molecule is CC(=O)[C@@H]1[C@H](C)C(CO[Si](c2ccccc2)(c2ccccc2)C(C)(C)C)=C[C@]2(C)CCC[C@@H]12. The number of Topliss-reactive ketones (excluding diaryl/α,β-unsaturated/α-hetero) is 1. The maximum atomic E-state index is 12.8. The first-order chi connectivity index (χ1) is 15.6. The van der Waals surface area contributed by atoms with E-state index in [2.05, 4.69) is 101 Å². The standard InChI is InChI=1S/C30H40O2Si/c1-22-24(20-30(6)19-13-18-27(30)28(22)23(2)31)21-32-33(29(3,4)5,25-14-9-7-10-15-25)26-16-11-8-12-17-26/h7-12,14-17,20,22,27-28H,13,18-19,21H2,1-6H3/t22-,27+,28+,30+/m1/s1. The second-order valence-corrected chi connectivity index (χ2v) is 15.9. The van der Waals surface area contributed by atoms with E-state index in [1.54, 1.807) is 6.92 Å². The van der Waals surface area contributed by atoms with Crippen LogP contribution in [0.1, 0.15) is 60.8 Å². The van der Waals surface area contributed by atoms with Gasteiger partial charge in [0.25, 0.3) is 8.32 Å². The van der Waals surface area contributed by atoms with Crippen LogP contribution in [0, 0.1) is 23.2 Å². The summed E-state index contributed by atoms with van der Waals surface area (Å²) in [6.45, 7) is 14.0. The highest BCUT2D eigenvalue weighted by atomic mass is 28.4. The normalized spacial score (nSPS) is 27.7. The lowest BCUT2D eigenvalue weighted by atomic mass is 9.61. The number of hydrogen-bond donors (Lipinski definition) is 0. The molecule has 4 atom stereocenters. The van der Waals surface area contributed by atoms with Gasteiger partial charge >= 0.3 is 0 Å². The topological polar surface area (TPSA) is 26.3 Å². The third-order valence-corrected chi connectivity index (χ3v) is 13.5. The van der Waals surface area contributed by atoms with Gasteiger partial charge in [-0.1, -0.05) is 108 Å². The van der Waals surface area contributed by atoms with Crippen LogP contribution in [0.2, 0.25) is 5.04 Å². The third-order valence-electron chi connectivity index (χ3n) is 8.49. The summed E-state index contributed by atoms with van der Waals surface area (Å²) in [7, 11) is -2.60. The van der Waals surface area contributed by atoms with Crippen LogP contribution in [-0.4, -0.2) is 20.7 Å². The Bertz CT molecular complexity index is 965. The molecule has 0 spiro atoms. The molecule has 1 fully saturated rings. The van der Waals surface area contributed by atoms with Crippen molar-refractivity contribution in [2.75, 3.05) is 6.61 Å². The van der Waals surface area contributed by atoms with Crippen molar-refractivity contribution < 1.29 is 9.22 Å². The summed E-state index contributed by atoms with van der Waals surface area (Å²) < 4.78 is 7.26. The van der Waals surface area contributed by atoms with Crippen LogP contribution in [0.4, 0.5) is 0 Å². The molecule has 0 unspecified atom stereocenters. The lowest BCUT2D eigenvalue weighted by Gasteiger charge is -2.46. The predicted molar refractivity (Wildman–Crippen MR) is 140 cm³/mol. The molecule has 2 aliphatic rings. The van der Waals surface area contributed by atoms with Gasteiger partial charge in [-0.15, -0.1) is 0 Å². The van der Waals surface area contributed by atoms with E-state index in [-0.39, 0.29) is 22.3 Å². The fraction of sp³-hybridized carbons (Fsp3) is 0.500. The molecule has 4 rings (SSSR count).